The molecule has 1 fully saturated rings. The maximum Gasteiger partial charge on any atom is 0.202 e. The molecule has 0 amide bonds. The highest BCUT2D eigenvalue weighted by Gasteiger charge is 2.23. The summed E-state index contributed by atoms with van der Waals surface area (Å²) < 4.78 is 38.4. The fourth-order valence-corrected chi connectivity index (χ4v) is 4.05. The highest BCUT2D eigenvalue weighted by Crippen LogP contribution is 2.31. The summed E-state index contributed by atoms with van der Waals surface area (Å²) >= 11 is 0. The summed E-state index contributed by atoms with van der Waals surface area (Å²) in [6.45, 7) is 4.85. The summed E-state index contributed by atoms with van der Waals surface area (Å²) in [4.78, 5) is 4.26. The first-order valence-electron chi connectivity index (χ1n) is 11.4. The number of benzene rings is 1. The van der Waals surface area contributed by atoms with Gasteiger partial charge in [-0.3, -0.25) is 4.68 Å². The Bertz CT molecular complexity index is 1330. The minimum absolute atomic E-state index is 0.127. The van der Waals surface area contributed by atoms with Crippen LogP contribution in [0, 0.1) is 17.6 Å². The molecule has 1 atom stereocenters. The molecule has 0 bridgehead atoms. The predicted octanol–water partition coefficient (Wildman–Crippen LogP) is 2.85. The molecule has 1 aliphatic rings. The number of aryl methyl sites for hydroxylation is 1. The predicted molar refractivity (Wildman–Crippen MR) is 125 cm³/mol. The van der Waals surface area contributed by atoms with Crippen LogP contribution in [-0.2, 0) is 6.54 Å². The van der Waals surface area contributed by atoms with Gasteiger partial charge in [0.25, 0.3) is 0 Å². The average Bonchev–Trinajstić information content (AvgIpc) is 3.63. The SMILES string of the molecule is CCCn1cc(-c2cnc(N)c(-c3nnnn3-c3ccc(OC[C@@H]4CCNC4)c(F)c3F)c2)cn1. The van der Waals surface area contributed by atoms with E-state index in [1.54, 1.807) is 18.5 Å². The summed E-state index contributed by atoms with van der Waals surface area (Å²) in [6.07, 6.45) is 7.13. The molecule has 3 N–H and O–H groups in total. The molecule has 1 aliphatic heterocycles. The number of anilines is 1. The molecule has 35 heavy (non-hydrogen) atoms. The van der Waals surface area contributed by atoms with Crippen molar-refractivity contribution in [1.29, 1.82) is 0 Å². The number of rotatable bonds is 8. The normalized spacial score (nSPS) is 15.6. The quantitative estimate of drug-likeness (QED) is 0.394. The highest BCUT2D eigenvalue weighted by molar-refractivity contribution is 5.76. The van der Waals surface area contributed by atoms with E-state index in [0.717, 1.165) is 48.3 Å². The van der Waals surface area contributed by atoms with Crippen molar-refractivity contribution in [3.8, 4) is 34.0 Å². The van der Waals surface area contributed by atoms with Crippen LogP contribution in [0.15, 0.2) is 36.8 Å². The fraction of sp³-hybridized carbons (Fsp3) is 0.348. The number of nitrogens with zero attached hydrogens (tertiary/aromatic N) is 7. The average molecular weight is 482 g/mol. The first-order chi connectivity index (χ1) is 17.0. The Hall–Kier alpha value is -3.93. The van der Waals surface area contributed by atoms with E-state index in [1.807, 2.05) is 10.9 Å². The lowest BCUT2D eigenvalue weighted by molar-refractivity contribution is 0.246. The van der Waals surface area contributed by atoms with Crippen molar-refractivity contribution < 1.29 is 13.5 Å². The van der Waals surface area contributed by atoms with Crippen LogP contribution in [-0.4, -0.2) is 54.7 Å². The zero-order valence-corrected chi connectivity index (χ0v) is 19.2. The van der Waals surface area contributed by atoms with E-state index in [0.29, 0.717) is 12.2 Å². The fourth-order valence-electron chi connectivity index (χ4n) is 4.05. The van der Waals surface area contributed by atoms with Gasteiger partial charge >= 0.3 is 0 Å². The topological polar surface area (TPSA) is 122 Å². The Balaban J connectivity index is 1.46. The lowest BCUT2D eigenvalue weighted by atomic mass is 10.1. The van der Waals surface area contributed by atoms with E-state index in [-0.39, 0.29) is 29.0 Å². The smallest absolute Gasteiger partial charge is 0.202 e. The van der Waals surface area contributed by atoms with Crippen LogP contribution in [0.3, 0.4) is 0 Å². The maximum atomic E-state index is 15.1. The van der Waals surface area contributed by atoms with Gasteiger partial charge in [0.2, 0.25) is 5.82 Å². The number of hydrogen-bond donors (Lipinski definition) is 2. The second kappa shape index (κ2) is 9.74. The lowest BCUT2D eigenvalue weighted by Crippen LogP contribution is -2.16. The molecule has 0 radical (unpaired) electrons. The Kier molecular flexibility index (Phi) is 6.36. The molecule has 4 heterocycles. The van der Waals surface area contributed by atoms with E-state index in [1.165, 1.54) is 12.1 Å². The summed E-state index contributed by atoms with van der Waals surface area (Å²) in [6, 6.07) is 4.50. The van der Waals surface area contributed by atoms with Crippen molar-refractivity contribution in [3.05, 3.63) is 48.4 Å². The molecule has 5 rings (SSSR count). The number of aromatic nitrogens is 7. The lowest BCUT2D eigenvalue weighted by Gasteiger charge is -2.14. The van der Waals surface area contributed by atoms with E-state index in [2.05, 4.69) is 37.8 Å². The molecule has 10 nitrogen and oxygen atoms in total. The molecular formula is C23H25F2N9O. The largest absolute Gasteiger partial charge is 0.490 e. The van der Waals surface area contributed by atoms with Gasteiger partial charge in [-0.05, 0) is 48.0 Å². The van der Waals surface area contributed by atoms with Gasteiger partial charge < -0.3 is 15.8 Å². The number of tetrazole rings is 1. The van der Waals surface area contributed by atoms with Crippen LogP contribution in [0.1, 0.15) is 19.8 Å². The van der Waals surface area contributed by atoms with E-state index < -0.39 is 11.6 Å². The number of halogens is 2. The summed E-state index contributed by atoms with van der Waals surface area (Å²) in [5.74, 6) is -1.83. The van der Waals surface area contributed by atoms with Crippen molar-refractivity contribution in [2.75, 3.05) is 25.4 Å². The standard InChI is InChI=1S/C23H25F2N9O/c1-2-7-33-12-16(11-29-33)15-8-17(22(26)28-10-15)23-30-31-32-34(23)18-3-4-19(21(25)20(18)24)35-13-14-5-6-27-9-14/h3-4,8,10-12,14,27H,2,5-7,9,13H2,1H3,(H2,26,28)/t14-/m1/s1. The van der Waals surface area contributed by atoms with E-state index in [9.17, 15) is 4.39 Å². The van der Waals surface area contributed by atoms with Gasteiger partial charge in [-0.15, -0.1) is 5.10 Å². The van der Waals surface area contributed by atoms with E-state index in [4.69, 9.17) is 10.5 Å². The van der Waals surface area contributed by atoms with Gasteiger partial charge in [0.05, 0.1) is 18.4 Å². The number of nitrogen functional groups attached to an aromatic ring is 1. The highest BCUT2D eigenvalue weighted by atomic mass is 19.2. The van der Waals surface area contributed by atoms with Crippen molar-refractivity contribution in [2.24, 2.45) is 5.92 Å². The number of nitrogens with two attached hydrogens (primary N) is 1. The van der Waals surface area contributed by atoms with Gasteiger partial charge in [-0.25, -0.2) is 9.37 Å². The number of nitrogens with one attached hydrogen (secondary N) is 1. The van der Waals surface area contributed by atoms with Crippen LogP contribution in [0.5, 0.6) is 5.75 Å². The molecule has 182 valence electrons. The molecule has 0 aliphatic carbocycles. The van der Waals surface area contributed by atoms with Crippen molar-refractivity contribution in [2.45, 2.75) is 26.3 Å². The van der Waals surface area contributed by atoms with Crippen LogP contribution in [0.25, 0.3) is 28.2 Å². The maximum absolute atomic E-state index is 15.1. The van der Waals surface area contributed by atoms with Gasteiger partial charge in [-0.1, -0.05) is 6.92 Å². The van der Waals surface area contributed by atoms with Crippen molar-refractivity contribution >= 4 is 5.82 Å². The Labute approximate surface area is 200 Å². The first-order valence-corrected chi connectivity index (χ1v) is 11.4. The minimum atomic E-state index is -1.12. The number of ether oxygens (including phenoxy) is 1. The molecule has 3 aromatic heterocycles. The molecule has 4 aromatic rings. The van der Waals surface area contributed by atoms with Gasteiger partial charge in [0, 0.05) is 42.5 Å². The Morgan fingerprint density at radius 3 is 2.89 bits per heavy atom. The van der Waals surface area contributed by atoms with Crippen LogP contribution in [0.2, 0.25) is 0 Å². The first kappa shape index (κ1) is 22.8. The van der Waals surface area contributed by atoms with Crippen LogP contribution >= 0.6 is 0 Å². The van der Waals surface area contributed by atoms with Gasteiger partial charge in [0.15, 0.2) is 17.4 Å². The van der Waals surface area contributed by atoms with Crippen molar-refractivity contribution in [3.63, 3.8) is 0 Å². The monoisotopic (exact) mass is 481 g/mol. The molecule has 1 aromatic carbocycles. The molecule has 0 spiro atoms. The van der Waals surface area contributed by atoms with Crippen molar-refractivity contribution in [1.82, 2.24) is 40.3 Å². The van der Waals surface area contributed by atoms with Gasteiger partial charge in [-0.2, -0.15) is 14.2 Å². The zero-order chi connectivity index (χ0) is 24.4. The summed E-state index contributed by atoms with van der Waals surface area (Å²) in [5, 5.41) is 19.1. The molecule has 0 saturated carbocycles. The number of pyridine rings is 1. The summed E-state index contributed by atoms with van der Waals surface area (Å²) in [7, 11) is 0. The third-order valence-corrected chi connectivity index (χ3v) is 5.94. The third-order valence-electron chi connectivity index (χ3n) is 5.94. The Morgan fingerprint density at radius 2 is 2.09 bits per heavy atom. The second-order valence-corrected chi connectivity index (χ2v) is 8.44. The molecule has 1 saturated heterocycles. The van der Waals surface area contributed by atoms with Crippen LogP contribution < -0.4 is 15.8 Å². The molecule has 0 unspecified atom stereocenters. The van der Waals surface area contributed by atoms with Gasteiger partial charge in [0.1, 0.15) is 11.5 Å². The number of hydrogen-bond acceptors (Lipinski definition) is 8. The molecular weight excluding hydrogens is 456 g/mol. The Morgan fingerprint density at radius 1 is 1.20 bits per heavy atom. The second-order valence-electron chi connectivity index (χ2n) is 8.44. The van der Waals surface area contributed by atoms with Crippen LogP contribution in [0.4, 0.5) is 14.6 Å². The minimum Gasteiger partial charge on any atom is -0.490 e. The third kappa shape index (κ3) is 4.56. The van der Waals surface area contributed by atoms with E-state index >= 15 is 4.39 Å². The zero-order valence-electron chi connectivity index (χ0n) is 19.2. The summed E-state index contributed by atoms with van der Waals surface area (Å²) in [5.41, 5.74) is 7.90. The molecule has 12 heteroatoms.